The Kier molecular flexibility index (Phi) is 8.43. The summed E-state index contributed by atoms with van der Waals surface area (Å²) in [5.74, 6) is 0.130. The molecule has 43 heavy (non-hydrogen) atoms. The second-order valence-corrected chi connectivity index (χ2v) is 14.2. The van der Waals surface area contributed by atoms with Crippen molar-refractivity contribution in [3.8, 4) is 6.01 Å². The number of anilines is 1. The highest BCUT2D eigenvalue weighted by Gasteiger charge is 2.46. The molecule has 0 radical (unpaired) electrons. The Bertz CT molecular complexity index is 1400. The minimum atomic E-state index is -0.573. The van der Waals surface area contributed by atoms with Gasteiger partial charge < -0.3 is 24.0 Å². The van der Waals surface area contributed by atoms with Crippen LogP contribution in [0.5, 0.6) is 6.01 Å². The number of aromatic nitrogens is 2. The van der Waals surface area contributed by atoms with Crippen molar-refractivity contribution in [3.63, 3.8) is 0 Å². The molecule has 4 heterocycles. The maximum absolute atomic E-state index is 15.9. The van der Waals surface area contributed by atoms with Crippen molar-refractivity contribution in [2.75, 3.05) is 64.0 Å². The Morgan fingerprint density at radius 2 is 1.91 bits per heavy atom. The van der Waals surface area contributed by atoms with Gasteiger partial charge in [0.15, 0.2) is 5.82 Å². The van der Waals surface area contributed by atoms with Crippen LogP contribution in [-0.4, -0.2) is 103 Å². The van der Waals surface area contributed by atoms with E-state index in [9.17, 15) is 4.79 Å². The Morgan fingerprint density at radius 1 is 1.21 bits per heavy atom. The van der Waals surface area contributed by atoms with Gasteiger partial charge in [0.05, 0.1) is 36.4 Å². The van der Waals surface area contributed by atoms with E-state index in [4.69, 9.17) is 25.8 Å². The first-order chi connectivity index (χ1) is 20.6. The lowest BCUT2D eigenvalue weighted by Crippen LogP contribution is -2.57. The first-order valence-corrected chi connectivity index (χ1v) is 16.1. The highest BCUT2D eigenvalue weighted by molar-refractivity contribution is 9.10. The van der Waals surface area contributed by atoms with E-state index in [-0.39, 0.29) is 41.7 Å². The predicted molar refractivity (Wildman–Crippen MR) is 164 cm³/mol. The summed E-state index contributed by atoms with van der Waals surface area (Å²) in [6.45, 7) is 19.0. The molecular weight excluding hydrogens is 619 g/mol. The van der Waals surface area contributed by atoms with Crippen LogP contribution in [0.4, 0.5) is 15.0 Å². The Hall–Kier alpha value is -2.75. The number of hydrogen-bond donors (Lipinski definition) is 0. The minimum absolute atomic E-state index is 0.0341. The van der Waals surface area contributed by atoms with Gasteiger partial charge in [-0.05, 0) is 74.0 Å². The van der Waals surface area contributed by atoms with Crippen LogP contribution in [0.2, 0.25) is 0 Å². The van der Waals surface area contributed by atoms with E-state index in [2.05, 4.69) is 35.6 Å². The van der Waals surface area contributed by atoms with Gasteiger partial charge in [0.2, 0.25) is 6.54 Å². The van der Waals surface area contributed by atoms with Gasteiger partial charge in [0.1, 0.15) is 16.9 Å². The number of morpholine rings is 1. The van der Waals surface area contributed by atoms with Crippen LogP contribution in [0.3, 0.4) is 0 Å². The van der Waals surface area contributed by atoms with E-state index in [1.54, 1.807) is 0 Å². The molecule has 10 nitrogen and oxygen atoms in total. The summed E-state index contributed by atoms with van der Waals surface area (Å²) in [6.07, 6.45) is 4.01. The van der Waals surface area contributed by atoms with Gasteiger partial charge in [-0.15, -0.1) is 0 Å². The normalized spacial score (nSPS) is 23.3. The molecule has 6 rings (SSSR count). The van der Waals surface area contributed by atoms with Crippen molar-refractivity contribution in [3.05, 3.63) is 33.3 Å². The van der Waals surface area contributed by atoms with Crippen molar-refractivity contribution < 1.29 is 23.4 Å². The third-order valence-electron chi connectivity index (χ3n) is 8.91. The molecule has 232 valence electrons. The monoisotopic (exact) mass is 658 g/mol. The average Bonchev–Trinajstić information content (AvgIpc) is 3.68. The van der Waals surface area contributed by atoms with Crippen LogP contribution in [-0.2, 0) is 15.9 Å². The zero-order valence-corrected chi connectivity index (χ0v) is 26.8. The smallest absolute Gasteiger partial charge is 0.410 e. The number of carbonyl (C=O) groups excluding carboxylic acids is 1. The summed E-state index contributed by atoms with van der Waals surface area (Å²) >= 11 is 3.42. The van der Waals surface area contributed by atoms with E-state index < -0.39 is 11.4 Å². The summed E-state index contributed by atoms with van der Waals surface area (Å²) in [7, 11) is 0. The fourth-order valence-corrected chi connectivity index (χ4v) is 7.05. The third-order valence-corrected chi connectivity index (χ3v) is 9.77. The molecule has 3 aliphatic heterocycles. The first kappa shape index (κ1) is 30.3. The molecule has 1 aliphatic carbocycles. The second kappa shape index (κ2) is 12.0. The SMILES string of the molecule is [C-]#[N+]CCc1cc2c(N3CC4CCC(C3)N4C(=O)OC(C)(C)C)nc(OCC3(CN4CCOCC4)CC3)nc2c(F)c1Br. The molecule has 3 saturated heterocycles. The Labute approximate surface area is 260 Å². The summed E-state index contributed by atoms with van der Waals surface area (Å²) in [6, 6.07) is 1.99. The van der Waals surface area contributed by atoms with Gasteiger partial charge in [-0.25, -0.2) is 15.8 Å². The molecule has 1 aromatic heterocycles. The molecule has 12 heteroatoms. The molecule has 0 N–H and O–H groups in total. The Balaban J connectivity index is 1.30. The number of amides is 1. The highest BCUT2D eigenvalue weighted by atomic mass is 79.9. The fraction of sp³-hybridized carbons (Fsp3) is 0.677. The number of piperazine rings is 1. The minimum Gasteiger partial charge on any atom is -0.463 e. The maximum Gasteiger partial charge on any atom is 0.410 e. The molecule has 2 aromatic rings. The van der Waals surface area contributed by atoms with Gasteiger partial charge in [0.25, 0.3) is 0 Å². The van der Waals surface area contributed by atoms with Gasteiger partial charge in [-0.3, -0.25) is 9.80 Å². The van der Waals surface area contributed by atoms with Crippen molar-refractivity contribution in [2.45, 2.75) is 70.6 Å². The quantitative estimate of drug-likeness (QED) is 0.364. The number of carbonyl (C=O) groups is 1. The molecule has 1 amide bonds. The van der Waals surface area contributed by atoms with Gasteiger partial charge in [-0.2, -0.15) is 9.97 Å². The van der Waals surface area contributed by atoms with Crippen LogP contribution in [0, 0.1) is 17.8 Å². The zero-order valence-electron chi connectivity index (χ0n) is 25.2. The van der Waals surface area contributed by atoms with Crippen molar-refractivity contribution in [1.82, 2.24) is 19.8 Å². The third kappa shape index (κ3) is 6.54. The van der Waals surface area contributed by atoms with Crippen LogP contribution in [0.1, 0.15) is 52.0 Å². The maximum atomic E-state index is 15.9. The lowest BCUT2D eigenvalue weighted by molar-refractivity contribution is 0.0123. The highest BCUT2D eigenvalue weighted by Crippen LogP contribution is 2.47. The lowest BCUT2D eigenvalue weighted by atomic mass is 10.1. The van der Waals surface area contributed by atoms with Crippen LogP contribution >= 0.6 is 15.9 Å². The van der Waals surface area contributed by atoms with E-state index in [0.717, 1.165) is 58.5 Å². The van der Waals surface area contributed by atoms with Crippen molar-refractivity contribution in [2.24, 2.45) is 5.41 Å². The summed E-state index contributed by atoms with van der Waals surface area (Å²) in [4.78, 5) is 32.5. The predicted octanol–water partition coefficient (Wildman–Crippen LogP) is 5.07. The number of rotatable bonds is 8. The largest absolute Gasteiger partial charge is 0.463 e. The molecule has 1 saturated carbocycles. The van der Waals surface area contributed by atoms with E-state index in [1.807, 2.05) is 31.7 Å². The van der Waals surface area contributed by atoms with Crippen molar-refractivity contribution in [1.29, 1.82) is 0 Å². The second-order valence-electron chi connectivity index (χ2n) is 13.4. The van der Waals surface area contributed by atoms with Crippen LogP contribution in [0.15, 0.2) is 10.5 Å². The number of fused-ring (bicyclic) bond motifs is 3. The first-order valence-electron chi connectivity index (χ1n) is 15.3. The molecule has 0 spiro atoms. The molecule has 4 aliphatic rings. The van der Waals surface area contributed by atoms with Crippen LogP contribution < -0.4 is 9.64 Å². The van der Waals surface area contributed by atoms with E-state index in [0.29, 0.717) is 47.4 Å². The number of nitrogens with zero attached hydrogens (tertiary/aromatic N) is 6. The molecule has 2 bridgehead atoms. The standard InChI is InChI=1S/C31H40BrFN6O4/c1-30(2,3)43-29(40)39-21-5-6-22(39)17-38(16-21)27-23-15-20(7-10-34-4)24(32)25(33)26(23)35-28(36-27)42-19-31(8-9-31)18-37-11-13-41-14-12-37/h15,21-22H,5-14,16-19H2,1-3H3. The molecule has 2 atom stereocenters. The Morgan fingerprint density at radius 3 is 2.53 bits per heavy atom. The van der Waals surface area contributed by atoms with Gasteiger partial charge in [0, 0.05) is 49.9 Å². The summed E-state index contributed by atoms with van der Waals surface area (Å²) in [5, 5.41) is 0.590. The summed E-state index contributed by atoms with van der Waals surface area (Å²) < 4.78 is 33.8. The van der Waals surface area contributed by atoms with E-state index >= 15 is 4.39 Å². The molecule has 2 unspecified atom stereocenters. The molecular formula is C31H40BrFN6O4. The average molecular weight is 660 g/mol. The number of halogens is 2. The number of hydrogen-bond acceptors (Lipinski definition) is 8. The molecule has 4 fully saturated rings. The van der Waals surface area contributed by atoms with Gasteiger partial charge in [-0.1, -0.05) is 0 Å². The lowest BCUT2D eigenvalue weighted by Gasteiger charge is -2.42. The van der Waals surface area contributed by atoms with E-state index in [1.165, 1.54) is 0 Å². The molecule has 1 aromatic carbocycles. The van der Waals surface area contributed by atoms with Gasteiger partial charge >= 0.3 is 12.1 Å². The fourth-order valence-electron chi connectivity index (χ4n) is 6.55. The number of benzene rings is 1. The summed E-state index contributed by atoms with van der Waals surface area (Å²) in [5.41, 5.74) is 0.378. The topological polar surface area (TPSA) is 84.6 Å². The van der Waals surface area contributed by atoms with Crippen molar-refractivity contribution >= 4 is 38.7 Å². The zero-order chi connectivity index (χ0) is 30.4. The number of ether oxygens (including phenoxy) is 3. The van der Waals surface area contributed by atoms with Crippen LogP contribution in [0.25, 0.3) is 15.7 Å².